The maximum atomic E-state index is 13.8. The van der Waals surface area contributed by atoms with Gasteiger partial charge in [0.25, 0.3) is 5.56 Å². The highest BCUT2D eigenvalue weighted by Crippen LogP contribution is 2.32. The largest absolute Gasteiger partial charge is 0.497 e. The van der Waals surface area contributed by atoms with E-state index in [0.29, 0.717) is 43.4 Å². The van der Waals surface area contributed by atoms with E-state index in [2.05, 4.69) is 4.99 Å². The van der Waals surface area contributed by atoms with E-state index in [1.54, 1.807) is 64.7 Å². The number of carbonyl (C=O) groups excluding carboxylic acids is 1. The molecule has 0 saturated heterocycles. The fourth-order valence-electron chi connectivity index (χ4n) is 4.07. The van der Waals surface area contributed by atoms with Crippen molar-refractivity contribution in [1.82, 2.24) is 4.57 Å². The summed E-state index contributed by atoms with van der Waals surface area (Å²) in [5.41, 5.74) is 1.89. The molecule has 3 aromatic rings. The number of rotatable bonds is 9. The number of ether oxygens (including phenoxy) is 5. The van der Waals surface area contributed by atoms with Crippen LogP contribution in [0.4, 0.5) is 0 Å². The van der Waals surface area contributed by atoms with Gasteiger partial charge < -0.3 is 23.7 Å². The number of thiazole rings is 1. The lowest BCUT2D eigenvalue weighted by Gasteiger charge is -2.25. The Hall–Kier alpha value is -3.89. The molecule has 0 saturated carbocycles. The third-order valence-electron chi connectivity index (χ3n) is 5.92. The van der Waals surface area contributed by atoms with E-state index in [1.165, 1.54) is 23.0 Å². The Morgan fingerprint density at radius 3 is 2.35 bits per heavy atom. The summed E-state index contributed by atoms with van der Waals surface area (Å²) in [5, 5.41) is 0. The first-order valence-corrected chi connectivity index (χ1v) is 12.3. The number of nitrogens with zero attached hydrogens (tertiary/aromatic N) is 2. The molecule has 4 rings (SSSR count). The normalized spacial score (nSPS) is 15.2. The fourth-order valence-corrected chi connectivity index (χ4v) is 5.11. The van der Waals surface area contributed by atoms with Crippen molar-refractivity contribution in [2.24, 2.45) is 4.99 Å². The van der Waals surface area contributed by atoms with Crippen molar-refractivity contribution >= 4 is 23.4 Å². The molecule has 0 amide bonds. The molecule has 37 heavy (non-hydrogen) atoms. The van der Waals surface area contributed by atoms with Crippen LogP contribution in [0.1, 0.15) is 24.1 Å². The number of hydrogen-bond acceptors (Lipinski definition) is 9. The summed E-state index contributed by atoms with van der Waals surface area (Å²) >= 11 is 1.24. The van der Waals surface area contributed by atoms with Crippen molar-refractivity contribution in [3.05, 3.63) is 84.5 Å². The lowest BCUT2D eigenvalue weighted by Crippen LogP contribution is -2.40. The van der Waals surface area contributed by atoms with E-state index in [0.717, 1.165) is 5.56 Å². The highest BCUT2D eigenvalue weighted by molar-refractivity contribution is 7.07. The molecule has 0 bridgehead atoms. The van der Waals surface area contributed by atoms with Gasteiger partial charge in [0, 0.05) is 12.7 Å². The van der Waals surface area contributed by atoms with E-state index >= 15 is 0 Å². The Kier molecular flexibility index (Phi) is 8.10. The summed E-state index contributed by atoms with van der Waals surface area (Å²) in [6, 6.07) is 11.9. The van der Waals surface area contributed by atoms with E-state index in [4.69, 9.17) is 23.7 Å². The van der Waals surface area contributed by atoms with Gasteiger partial charge in [-0.3, -0.25) is 9.36 Å². The van der Waals surface area contributed by atoms with E-state index in [-0.39, 0.29) is 18.8 Å². The second kappa shape index (κ2) is 11.4. The van der Waals surface area contributed by atoms with Crippen molar-refractivity contribution in [3.63, 3.8) is 0 Å². The lowest BCUT2D eigenvalue weighted by molar-refractivity contribution is -0.140. The van der Waals surface area contributed by atoms with E-state index in [9.17, 15) is 9.59 Å². The van der Waals surface area contributed by atoms with Crippen molar-refractivity contribution in [2.45, 2.75) is 13.0 Å². The molecule has 1 aliphatic heterocycles. The van der Waals surface area contributed by atoms with Crippen LogP contribution in [0.5, 0.6) is 17.2 Å². The van der Waals surface area contributed by atoms with Gasteiger partial charge in [-0.25, -0.2) is 9.79 Å². The van der Waals surface area contributed by atoms with E-state index < -0.39 is 12.0 Å². The minimum Gasteiger partial charge on any atom is -0.497 e. The van der Waals surface area contributed by atoms with Gasteiger partial charge in [-0.1, -0.05) is 23.5 Å². The summed E-state index contributed by atoms with van der Waals surface area (Å²) in [4.78, 5) is 32.1. The molecule has 0 radical (unpaired) electrons. The van der Waals surface area contributed by atoms with Gasteiger partial charge >= 0.3 is 5.97 Å². The van der Waals surface area contributed by atoms with Crippen molar-refractivity contribution in [3.8, 4) is 17.2 Å². The van der Waals surface area contributed by atoms with Crippen molar-refractivity contribution < 1.29 is 28.5 Å². The van der Waals surface area contributed by atoms with Crippen LogP contribution in [0, 0.1) is 0 Å². The summed E-state index contributed by atoms with van der Waals surface area (Å²) in [7, 11) is 6.24. The van der Waals surface area contributed by atoms with Gasteiger partial charge in [0.15, 0.2) is 4.80 Å². The Morgan fingerprint density at radius 1 is 1.00 bits per heavy atom. The molecule has 2 aromatic carbocycles. The van der Waals surface area contributed by atoms with Crippen LogP contribution in [0.3, 0.4) is 0 Å². The number of fused-ring (bicyclic) bond motifs is 1. The minimum atomic E-state index is -0.730. The van der Waals surface area contributed by atoms with Gasteiger partial charge in [-0.15, -0.1) is 0 Å². The lowest BCUT2D eigenvalue weighted by atomic mass is 9.96. The highest BCUT2D eigenvalue weighted by Gasteiger charge is 2.33. The quantitative estimate of drug-likeness (QED) is 0.313. The SMILES string of the molecule is COCCOC(=O)C1=C(C)N=c2s/c(=C\c3cc(OC)ccc3OC)c(=O)n2[C@H]1c1ccc(OC)cc1. The molecule has 1 aliphatic rings. The average Bonchev–Trinajstić information content (AvgIpc) is 3.21. The smallest absolute Gasteiger partial charge is 0.338 e. The second-order valence-electron chi connectivity index (χ2n) is 8.09. The van der Waals surface area contributed by atoms with Crippen molar-refractivity contribution in [2.75, 3.05) is 41.7 Å². The molecule has 1 atom stereocenters. The number of allylic oxidation sites excluding steroid dienone is 1. The number of esters is 1. The summed E-state index contributed by atoms with van der Waals surface area (Å²) in [6.45, 7) is 2.08. The van der Waals surface area contributed by atoms with Crippen LogP contribution in [0.25, 0.3) is 6.08 Å². The van der Waals surface area contributed by atoms with Gasteiger partial charge in [0.2, 0.25) is 0 Å². The topological polar surface area (TPSA) is 97.6 Å². The molecule has 0 N–H and O–H groups in total. The number of hydrogen-bond donors (Lipinski definition) is 0. The molecule has 0 spiro atoms. The Morgan fingerprint density at radius 2 is 1.70 bits per heavy atom. The summed E-state index contributed by atoms with van der Waals surface area (Å²) in [5.74, 6) is 1.33. The molecule has 10 heteroatoms. The van der Waals surface area contributed by atoms with Crippen LogP contribution in [0.15, 0.2) is 63.5 Å². The van der Waals surface area contributed by atoms with Crippen LogP contribution in [0.2, 0.25) is 0 Å². The predicted molar refractivity (Wildman–Crippen MR) is 139 cm³/mol. The minimum absolute atomic E-state index is 0.0848. The fraction of sp³-hybridized carbons (Fsp3) is 0.296. The number of methoxy groups -OCH3 is 4. The number of aromatic nitrogens is 1. The Labute approximate surface area is 217 Å². The molecular formula is C27H28N2O7S. The van der Waals surface area contributed by atoms with Crippen LogP contribution in [-0.2, 0) is 14.3 Å². The van der Waals surface area contributed by atoms with Crippen molar-refractivity contribution in [1.29, 1.82) is 0 Å². The van der Waals surface area contributed by atoms with Crippen LogP contribution in [-0.4, -0.2) is 52.2 Å². The zero-order valence-electron chi connectivity index (χ0n) is 21.3. The molecule has 0 unspecified atom stereocenters. The Balaban J connectivity index is 1.90. The Bertz CT molecular complexity index is 1500. The van der Waals surface area contributed by atoms with Gasteiger partial charge in [-0.05, 0) is 48.9 Å². The first kappa shape index (κ1) is 26.2. The van der Waals surface area contributed by atoms with Crippen LogP contribution >= 0.6 is 11.3 Å². The average molecular weight is 525 g/mol. The summed E-state index contributed by atoms with van der Waals surface area (Å²) < 4.78 is 28.5. The van der Waals surface area contributed by atoms with E-state index in [1.807, 2.05) is 12.1 Å². The molecule has 9 nitrogen and oxygen atoms in total. The van der Waals surface area contributed by atoms with Gasteiger partial charge in [0.05, 0.1) is 49.8 Å². The third-order valence-corrected chi connectivity index (χ3v) is 6.90. The maximum absolute atomic E-state index is 13.8. The number of carbonyl (C=O) groups is 1. The molecular weight excluding hydrogens is 496 g/mol. The molecule has 2 heterocycles. The van der Waals surface area contributed by atoms with Gasteiger partial charge in [0.1, 0.15) is 23.9 Å². The zero-order valence-corrected chi connectivity index (χ0v) is 22.1. The predicted octanol–water partition coefficient (Wildman–Crippen LogP) is 2.45. The number of benzene rings is 2. The highest BCUT2D eigenvalue weighted by atomic mass is 32.1. The summed E-state index contributed by atoms with van der Waals surface area (Å²) in [6.07, 6.45) is 1.74. The standard InChI is InChI=1S/C27H28N2O7S/c1-16-23(26(31)36-13-12-32-2)24(17-6-8-19(33-3)9-7-17)29-25(30)22(37-27(29)28-16)15-18-14-20(34-4)10-11-21(18)35-5/h6-11,14-15,24H,12-13H2,1-5H3/b22-15-/t24-/m0/s1. The molecule has 1 aromatic heterocycles. The maximum Gasteiger partial charge on any atom is 0.338 e. The zero-order chi connectivity index (χ0) is 26.5. The monoisotopic (exact) mass is 524 g/mol. The first-order valence-electron chi connectivity index (χ1n) is 11.5. The first-order chi connectivity index (χ1) is 17.9. The van der Waals surface area contributed by atoms with Crippen LogP contribution < -0.4 is 29.1 Å². The molecule has 0 fully saturated rings. The molecule has 194 valence electrons. The second-order valence-corrected chi connectivity index (χ2v) is 9.10. The molecule has 0 aliphatic carbocycles. The van der Waals surface area contributed by atoms with Gasteiger partial charge in [-0.2, -0.15) is 0 Å². The third kappa shape index (κ3) is 5.30.